The summed E-state index contributed by atoms with van der Waals surface area (Å²) < 4.78 is 0. The maximum absolute atomic E-state index is 11.7. The number of nitrogens with two attached hydrogens (primary N) is 1. The number of amides is 3. The number of benzene rings is 1. The molecule has 0 aliphatic rings. The lowest BCUT2D eigenvalue weighted by Gasteiger charge is -2.17. The van der Waals surface area contributed by atoms with Crippen molar-refractivity contribution < 1.29 is 9.59 Å². The van der Waals surface area contributed by atoms with Crippen LogP contribution in [0.1, 0.15) is 27.2 Å². The average molecular weight is 249 g/mol. The van der Waals surface area contributed by atoms with Crippen LogP contribution in [0.2, 0.25) is 0 Å². The van der Waals surface area contributed by atoms with Gasteiger partial charge in [0.1, 0.15) is 0 Å². The largest absolute Gasteiger partial charge is 0.351 e. The third-order valence-corrected chi connectivity index (χ3v) is 2.10. The Morgan fingerprint density at radius 3 is 2.22 bits per heavy atom. The monoisotopic (exact) mass is 249 g/mol. The minimum atomic E-state index is -0.631. The maximum atomic E-state index is 11.7. The summed E-state index contributed by atoms with van der Waals surface area (Å²) in [5, 5.41) is 5.24. The summed E-state index contributed by atoms with van der Waals surface area (Å²) in [4.78, 5) is 22.5. The standard InChI is InChI=1S/C13H19N3O2/c1-13(2,3)8-11(17)15-9-5-4-6-10(7-9)16-12(14)18/h4-7H,8H2,1-3H3,(H,15,17)(H3,14,16,18). The molecule has 5 heteroatoms. The molecule has 4 N–H and O–H groups in total. The number of primary amides is 1. The molecule has 0 saturated carbocycles. The molecule has 0 heterocycles. The molecule has 0 aliphatic carbocycles. The molecule has 0 aromatic heterocycles. The highest BCUT2D eigenvalue weighted by molar-refractivity contribution is 5.93. The predicted octanol–water partition coefficient (Wildman–Crippen LogP) is 2.55. The van der Waals surface area contributed by atoms with E-state index in [-0.39, 0.29) is 11.3 Å². The van der Waals surface area contributed by atoms with Crippen molar-refractivity contribution in [1.29, 1.82) is 0 Å². The van der Waals surface area contributed by atoms with E-state index in [2.05, 4.69) is 10.6 Å². The molecule has 0 spiro atoms. The quantitative estimate of drug-likeness (QED) is 0.769. The van der Waals surface area contributed by atoms with Crippen molar-refractivity contribution in [1.82, 2.24) is 0 Å². The molecule has 0 aliphatic heterocycles. The fourth-order valence-electron chi connectivity index (χ4n) is 1.50. The van der Waals surface area contributed by atoms with E-state index >= 15 is 0 Å². The van der Waals surface area contributed by atoms with Gasteiger partial charge >= 0.3 is 6.03 Å². The van der Waals surface area contributed by atoms with E-state index in [1.807, 2.05) is 20.8 Å². The van der Waals surface area contributed by atoms with Crippen molar-refractivity contribution in [3.8, 4) is 0 Å². The highest BCUT2D eigenvalue weighted by atomic mass is 16.2. The van der Waals surface area contributed by atoms with Crippen LogP contribution in [0.15, 0.2) is 24.3 Å². The molecule has 18 heavy (non-hydrogen) atoms. The van der Waals surface area contributed by atoms with Gasteiger partial charge in [0.05, 0.1) is 0 Å². The topological polar surface area (TPSA) is 84.2 Å². The van der Waals surface area contributed by atoms with Crippen LogP contribution in [-0.4, -0.2) is 11.9 Å². The van der Waals surface area contributed by atoms with Gasteiger partial charge in [-0.25, -0.2) is 4.79 Å². The van der Waals surface area contributed by atoms with Crippen LogP contribution in [0.3, 0.4) is 0 Å². The van der Waals surface area contributed by atoms with Crippen LogP contribution in [0, 0.1) is 5.41 Å². The van der Waals surface area contributed by atoms with Crippen LogP contribution in [0.5, 0.6) is 0 Å². The lowest BCUT2D eigenvalue weighted by atomic mass is 9.92. The summed E-state index contributed by atoms with van der Waals surface area (Å²) in [5.41, 5.74) is 6.15. The van der Waals surface area contributed by atoms with Gasteiger partial charge in [0.2, 0.25) is 5.91 Å². The number of carbonyl (C=O) groups excluding carboxylic acids is 2. The van der Waals surface area contributed by atoms with Gasteiger partial charge in [-0.15, -0.1) is 0 Å². The van der Waals surface area contributed by atoms with Crippen LogP contribution < -0.4 is 16.4 Å². The van der Waals surface area contributed by atoms with Gasteiger partial charge in [-0.2, -0.15) is 0 Å². The van der Waals surface area contributed by atoms with Crippen molar-refractivity contribution in [3.63, 3.8) is 0 Å². The number of urea groups is 1. The number of hydrogen-bond acceptors (Lipinski definition) is 2. The lowest BCUT2D eigenvalue weighted by Crippen LogP contribution is -2.20. The maximum Gasteiger partial charge on any atom is 0.316 e. The zero-order valence-electron chi connectivity index (χ0n) is 10.9. The molecular formula is C13H19N3O2. The van der Waals surface area contributed by atoms with Crippen molar-refractivity contribution in [2.45, 2.75) is 27.2 Å². The second kappa shape index (κ2) is 5.53. The van der Waals surface area contributed by atoms with Crippen LogP contribution in [0.4, 0.5) is 16.2 Å². The van der Waals surface area contributed by atoms with Crippen molar-refractivity contribution in [2.24, 2.45) is 11.1 Å². The summed E-state index contributed by atoms with van der Waals surface area (Å²) in [6, 6.07) is 6.22. The van der Waals surface area contributed by atoms with E-state index < -0.39 is 6.03 Å². The normalized spacial score (nSPS) is 10.8. The minimum Gasteiger partial charge on any atom is -0.351 e. The Morgan fingerprint density at radius 2 is 1.72 bits per heavy atom. The molecule has 1 rings (SSSR count). The summed E-state index contributed by atoms with van der Waals surface area (Å²) >= 11 is 0. The number of nitrogens with one attached hydrogen (secondary N) is 2. The Balaban J connectivity index is 2.67. The van der Waals surface area contributed by atoms with E-state index in [0.29, 0.717) is 17.8 Å². The van der Waals surface area contributed by atoms with E-state index in [4.69, 9.17) is 5.73 Å². The van der Waals surface area contributed by atoms with Crippen molar-refractivity contribution in [3.05, 3.63) is 24.3 Å². The van der Waals surface area contributed by atoms with E-state index in [9.17, 15) is 9.59 Å². The lowest BCUT2D eigenvalue weighted by molar-refractivity contribution is -0.117. The summed E-state index contributed by atoms with van der Waals surface area (Å²) in [7, 11) is 0. The van der Waals surface area contributed by atoms with Gasteiger partial charge in [-0.3, -0.25) is 4.79 Å². The Bertz CT molecular complexity index is 450. The predicted molar refractivity (Wildman–Crippen MR) is 72.3 cm³/mol. The third-order valence-electron chi connectivity index (χ3n) is 2.10. The molecule has 0 bridgehead atoms. The molecule has 0 unspecified atom stereocenters. The Labute approximate surface area is 107 Å². The highest BCUT2D eigenvalue weighted by Gasteiger charge is 2.15. The van der Waals surface area contributed by atoms with Crippen LogP contribution >= 0.6 is 0 Å². The number of anilines is 2. The zero-order chi connectivity index (χ0) is 13.8. The summed E-state index contributed by atoms with van der Waals surface area (Å²) in [6.07, 6.45) is 0.431. The van der Waals surface area contributed by atoms with Gasteiger partial charge in [0.25, 0.3) is 0 Å². The van der Waals surface area contributed by atoms with Gasteiger partial charge < -0.3 is 16.4 Å². The van der Waals surface area contributed by atoms with Crippen LogP contribution in [-0.2, 0) is 4.79 Å². The molecular weight excluding hydrogens is 230 g/mol. The average Bonchev–Trinajstić information content (AvgIpc) is 2.13. The first-order valence-electron chi connectivity index (χ1n) is 5.73. The molecule has 98 valence electrons. The van der Waals surface area contributed by atoms with Crippen molar-refractivity contribution >= 4 is 23.3 Å². The number of hydrogen-bond donors (Lipinski definition) is 3. The Morgan fingerprint density at radius 1 is 1.17 bits per heavy atom. The SMILES string of the molecule is CC(C)(C)CC(=O)Nc1cccc(NC(N)=O)c1. The Kier molecular flexibility index (Phi) is 4.31. The summed E-state index contributed by atoms with van der Waals surface area (Å²) in [5.74, 6) is -0.0567. The fraction of sp³-hybridized carbons (Fsp3) is 0.385. The van der Waals surface area contributed by atoms with E-state index in [0.717, 1.165) is 0 Å². The molecule has 0 saturated heterocycles. The highest BCUT2D eigenvalue weighted by Crippen LogP contribution is 2.20. The first-order chi connectivity index (χ1) is 8.26. The number of carbonyl (C=O) groups is 2. The second-order valence-corrected chi connectivity index (χ2v) is 5.36. The smallest absolute Gasteiger partial charge is 0.316 e. The first-order valence-corrected chi connectivity index (χ1v) is 5.73. The first kappa shape index (κ1) is 14.0. The van der Waals surface area contributed by atoms with Crippen molar-refractivity contribution in [2.75, 3.05) is 10.6 Å². The van der Waals surface area contributed by atoms with Gasteiger partial charge in [0.15, 0.2) is 0 Å². The second-order valence-electron chi connectivity index (χ2n) is 5.36. The minimum absolute atomic E-state index is 0.0567. The zero-order valence-corrected chi connectivity index (χ0v) is 10.9. The van der Waals surface area contributed by atoms with Crippen LogP contribution in [0.25, 0.3) is 0 Å². The fourth-order valence-corrected chi connectivity index (χ4v) is 1.50. The van der Waals surface area contributed by atoms with E-state index in [1.165, 1.54) is 0 Å². The Hall–Kier alpha value is -2.04. The third kappa shape index (κ3) is 5.34. The number of rotatable bonds is 3. The molecule has 5 nitrogen and oxygen atoms in total. The molecule has 0 atom stereocenters. The van der Waals surface area contributed by atoms with Gasteiger partial charge in [0, 0.05) is 17.8 Å². The molecule has 0 fully saturated rings. The molecule has 3 amide bonds. The molecule has 1 aromatic rings. The summed E-state index contributed by atoms with van der Waals surface area (Å²) in [6.45, 7) is 5.99. The van der Waals surface area contributed by atoms with E-state index in [1.54, 1.807) is 24.3 Å². The van der Waals surface area contributed by atoms with Gasteiger partial charge in [-0.05, 0) is 23.6 Å². The molecule has 1 aromatic carbocycles. The molecule has 0 radical (unpaired) electrons. The van der Waals surface area contributed by atoms with Gasteiger partial charge in [-0.1, -0.05) is 26.8 Å².